The van der Waals surface area contributed by atoms with E-state index in [0.29, 0.717) is 5.56 Å². The average Bonchev–Trinajstić information content (AvgIpc) is 2.62. The van der Waals surface area contributed by atoms with E-state index >= 15 is 0 Å². The van der Waals surface area contributed by atoms with E-state index in [4.69, 9.17) is 10.5 Å². The maximum atomic E-state index is 12.5. The molecule has 2 aromatic carbocycles. The Morgan fingerprint density at radius 2 is 1.74 bits per heavy atom. The number of benzene rings is 2. The van der Waals surface area contributed by atoms with Gasteiger partial charge in [-0.3, -0.25) is 4.79 Å². The summed E-state index contributed by atoms with van der Waals surface area (Å²) in [4.78, 5) is 24.8. The van der Waals surface area contributed by atoms with Crippen LogP contribution in [0.5, 0.6) is 11.5 Å². The molecule has 1 amide bonds. The van der Waals surface area contributed by atoms with Gasteiger partial charge in [-0.2, -0.15) is 0 Å². The van der Waals surface area contributed by atoms with Gasteiger partial charge in [0.2, 0.25) is 5.91 Å². The van der Waals surface area contributed by atoms with E-state index in [0.717, 1.165) is 5.56 Å². The molecular weight excluding hydrogens is 348 g/mol. The van der Waals surface area contributed by atoms with Crippen molar-refractivity contribution in [2.24, 2.45) is 5.73 Å². The molecular formula is C20H24N2O5. The van der Waals surface area contributed by atoms with Crippen LogP contribution in [0.2, 0.25) is 0 Å². The van der Waals surface area contributed by atoms with Gasteiger partial charge in [-0.05, 0) is 37.1 Å². The average molecular weight is 372 g/mol. The second kappa shape index (κ2) is 8.55. The summed E-state index contributed by atoms with van der Waals surface area (Å²) >= 11 is 0. The van der Waals surface area contributed by atoms with Gasteiger partial charge in [-0.25, -0.2) is 4.79 Å². The first-order valence-electron chi connectivity index (χ1n) is 8.48. The number of hydrogen-bond donors (Lipinski definition) is 4. The Labute approximate surface area is 157 Å². The number of esters is 1. The summed E-state index contributed by atoms with van der Waals surface area (Å²) in [5.74, 6) is -1.71. The lowest BCUT2D eigenvalue weighted by molar-refractivity contribution is -0.149. The van der Waals surface area contributed by atoms with E-state index < -0.39 is 23.5 Å². The Morgan fingerprint density at radius 1 is 1.07 bits per heavy atom. The fourth-order valence-corrected chi connectivity index (χ4v) is 2.30. The van der Waals surface area contributed by atoms with Crippen LogP contribution < -0.4 is 11.1 Å². The van der Waals surface area contributed by atoms with Crippen LogP contribution in [0.25, 0.3) is 0 Å². The molecule has 27 heavy (non-hydrogen) atoms. The lowest BCUT2D eigenvalue weighted by Crippen LogP contribution is -2.54. The molecule has 0 aliphatic carbocycles. The molecule has 144 valence electrons. The minimum atomic E-state index is -1.17. The third-order valence-corrected chi connectivity index (χ3v) is 3.88. The first kappa shape index (κ1) is 20.3. The van der Waals surface area contributed by atoms with Crippen LogP contribution >= 0.6 is 0 Å². The van der Waals surface area contributed by atoms with Gasteiger partial charge >= 0.3 is 5.97 Å². The highest BCUT2D eigenvalue weighted by Gasteiger charge is 2.29. The zero-order valence-corrected chi connectivity index (χ0v) is 15.3. The standard InChI is InChI=1S/C20H24N2O5/c1-20(2,21)19(26)22-15(10-14-8-9-16(23)17(24)11-14)18(25)27-12-13-6-4-3-5-7-13/h3-9,11,15,23-24H,10,12,21H2,1-2H3,(H,22,26)/t15-/m0/s1. The predicted molar refractivity (Wildman–Crippen MR) is 99.9 cm³/mol. The highest BCUT2D eigenvalue weighted by Crippen LogP contribution is 2.25. The van der Waals surface area contributed by atoms with Crippen LogP contribution in [0, 0.1) is 0 Å². The molecule has 0 heterocycles. The quantitative estimate of drug-likeness (QED) is 0.433. The topological polar surface area (TPSA) is 122 Å². The zero-order valence-electron chi connectivity index (χ0n) is 15.3. The summed E-state index contributed by atoms with van der Waals surface area (Å²) in [5, 5.41) is 21.7. The van der Waals surface area contributed by atoms with E-state index in [9.17, 15) is 19.8 Å². The minimum Gasteiger partial charge on any atom is -0.504 e. The number of carbonyl (C=O) groups is 2. The first-order chi connectivity index (χ1) is 12.7. The van der Waals surface area contributed by atoms with Crippen molar-refractivity contribution in [3.63, 3.8) is 0 Å². The molecule has 0 saturated carbocycles. The number of hydrogen-bond acceptors (Lipinski definition) is 6. The van der Waals surface area contributed by atoms with Gasteiger partial charge in [-0.1, -0.05) is 36.4 Å². The van der Waals surface area contributed by atoms with Gasteiger partial charge in [0.05, 0.1) is 5.54 Å². The molecule has 0 aliphatic heterocycles. The van der Waals surface area contributed by atoms with E-state index in [1.807, 2.05) is 30.3 Å². The Morgan fingerprint density at radius 3 is 2.33 bits per heavy atom. The van der Waals surface area contributed by atoms with Gasteiger partial charge in [0.15, 0.2) is 11.5 Å². The number of phenolic OH excluding ortho intramolecular Hbond substituents is 2. The van der Waals surface area contributed by atoms with E-state index in [2.05, 4.69) is 5.32 Å². The van der Waals surface area contributed by atoms with Crippen molar-refractivity contribution in [2.75, 3.05) is 0 Å². The van der Waals surface area contributed by atoms with Crippen molar-refractivity contribution in [3.8, 4) is 11.5 Å². The summed E-state index contributed by atoms with van der Waals surface area (Å²) in [6.07, 6.45) is 0.0727. The van der Waals surface area contributed by atoms with Gasteiger partial charge in [0.25, 0.3) is 0 Å². The summed E-state index contributed by atoms with van der Waals surface area (Å²) in [6, 6.07) is 12.4. The van der Waals surface area contributed by atoms with Crippen molar-refractivity contribution < 1.29 is 24.5 Å². The molecule has 0 unspecified atom stereocenters. The van der Waals surface area contributed by atoms with Crippen LogP contribution in [0.1, 0.15) is 25.0 Å². The second-order valence-corrected chi connectivity index (χ2v) is 6.87. The third kappa shape index (κ3) is 6.00. The van der Waals surface area contributed by atoms with Gasteiger partial charge < -0.3 is 26.0 Å². The van der Waals surface area contributed by atoms with Gasteiger partial charge in [0.1, 0.15) is 12.6 Å². The Balaban J connectivity index is 2.13. The van der Waals surface area contributed by atoms with Gasteiger partial charge in [-0.15, -0.1) is 0 Å². The molecule has 5 N–H and O–H groups in total. The Bertz CT molecular complexity index is 800. The molecule has 0 saturated heterocycles. The normalized spacial score (nSPS) is 12.3. The van der Waals surface area contributed by atoms with E-state index in [-0.39, 0.29) is 24.5 Å². The Hall–Kier alpha value is -3.06. The summed E-state index contributed by atoms with van der Waals surface area (Å²) in [6.45, 7) is 3.13. The number of aromatic hydroxyl groups is 2. The molecule has 7 nitrogen and oxygen atoms in total. The fourth-order valence-electron chi connectivity index (χ4n) is 2.30. The SMILES string of the molecule is CC(C)(N)C(=O)N[C@@H](Cc1ccc(O)c(O)c1)C(=O)OCc1ccccc1. The summed E-state index contributed by atoms with van der Waals surface area (Å²) < 4.78 is 5.32. The number of ether oxygens (including phenoxy) is 1. The molecule has 0 spiro atoms. The number of amides is 1. The largest absolute Gasteiger partial charge is 0.504 e. The van der Waals surface area contributed by atoms with E-state index in [1.165, 1.54) is 26.0 Å². The smallest absolute Gasteiger partial charge is 0.329 e. The molecule has 0 aliphatic rings. The summed E-state index contributed by atoms with van der Waals surface area (Å²) in [5.41, 5.74) is 5.98. The van der Waals surface area contributed by atoms with Crippen molar-refractivity contribution in [3.05, 3.63) is 59.7 Å². The number of carbonyl (C=O) groups excluding carboxylic acids is 2. The lowest BCUT2D eigenvalue weighted by Gasteiger charge is -2.23. The maximum Gasteiger partial charge on any atom is 0.329 e. The highest BCUT2D eigenvalue weighted by molar-refractivity contribution is 5.89. The monoisotopic (exact) mass is 372 g/mol. The number of rotatable bonds is 7. The van der Waals surface area contributed by atoms with Crippen LogP contribution in [0.15, 0.2) is 48.5 Å². The second-order valence-electron chi connectivity index (χ2n) is 6.87. The first-order valence-corrected chi connectivity index (χ1v) is 8.48. The number of phenols is 2. The molecule has 0 bridgehead atoms. The molecule has 0 aromatic heterocycles. The maximum absolute atomic E-state index is 12.5. The molecule has 2 aromatic rings. The lowest BCUT2D eigenvalue weighted by atomic mass is 10.0. The van der Waals surface area contributed by atoms with Crippen molar-refractivity contribution >= 4 is 11.9 Å². The fraction of sp³-hybridized carbons (Fsp3) is 0.300. The molecule has 1 atom stereocenters. The van der Waals surface area contributed by atoms with Crippen molar-refractivity contribution in [1.29, 1.82) is 0 Å². The van der Waals surface area contributed by atoms with Crippen LogP contribution in [-0.4, -0.2) is 33.7 Å². The summed E-state index contributed by atoms with van der Waals surface area (Å²) in [7, 11) is 0. The van der Waals surface area contributed by atoms with Crippen LogP contribution in [0.3, 0.4) is 0 Å². The Kier molecular flexibility index (Phi) is 6.41. The van der Waals surface area contributed by atoms with Crippen LogP contribution in [-0.2, 0) is 27.4 Å². The molecule has 2 rings (SSSR count). The van der Waals surface area contributed by atoms with Crippen molar-refractivity contribution in [1.82, 2.24) is 5.32 Å². The third-order valence-electron chi connectivity index (χ3n) is 3.88. The van der Waals surface area contributed by atoms with Crippen LogP contribution in [0.4, 0.5) is 0 Å². The van der Waals surface area contributed by atoms with Gasteiger partial charge in [0, 0.05) is 6.42 Å². The predicted octanol–water partition coefficient (Wildman–Crippen LogP) is 1.61. The number of nitrogens with two attached hydrogens (primary N) is 1. The van der Waals surface area contributed by atoms with Crippen molar-refractivity contribution in [2.45, 2.75) is 38.5 Å². The minimum absolute atomic E-state index is 0.0683. The number of nitrogens with one attached hydrogen (secondary N) is 1. The molecule has 0 radical (unpaired) electrons. The molecule has 7 heteroatoms. The molecule has 0 fully saturated rings. The zero-order chi connectivity index (χ0) is 20.0. The highest BCUT2D eigenvalue weighted by atomic mass is 16.5. The van der Waals surface area contributed by atoms with E-state index in [1.54, 1.807) is 6.07 Å².